The molecule has 3 heterocycles. The molecule has 270 valence electrons. The first kappa shape index (κ1) is 35.4. The smallest absolute Gasteiger partial charge is 0.193 e. The number of hydrogen-bond donors (Lipinski definition) is 0. The van der Waals surface area contributed by atoms with E-state index in [1.165, 1.54) is 12.1 Å². The van der Waals surface area contributed by atoms with Gasteiger partial charge in [0.2, 0.25) is 0 Å². The van der Waals surface area contributed by atoms with Crippen molar-refractivity contribution in [3.63, 3.8) is 0 Å². The van der Waals surface area contributed by atoms with E-state index < -0.39 is 0 Å². The van der Waals surface area contributed by atoms with Gasteiger partial charge in [0, 0.05) is 29.5 Å². The highest BCUT2D eigenvalue weighted by atomic mass is 16.5. The second-order valence-electron chi connectivity index (χ2n) is 12.5. The van der Waals surface area contributed by atoms with Gasteiger partial charge in [0.05, 0.1) is 56.0 Å². The summed E-state index contributed by atoms with van der Waals surface area (Å²) in [6.45, 7) is 5.30. The number of fused-ring (bicyclic) bond motifs is 2. The standard InChI is InChI=1S/C42H39N3O8/c1-29-8-17-40-36(25-29)38(47)27-42(53-40)31-11-15-34(16-12-31)51-24-23-49-22-21-48-20-18-45-28-32(43-44-45)5-4-19-50-33-13-9-30(10-14-33)41-26-37(46)35-6-2-3-7-39(35)52-41/h2-3,6-17,25-28H,4-5,18-24H2,1H3. The van der Waals surface area contributed by atoms with E-state index in [0.29, 0.717) is 85.4 Å². The van der Waals surface area contributed by atoms with Crippen molar-refractivity contribution < 1.29 is 27.8 Å². The molecule has 7 aromatic rings. The van der Waals surface area contributed by atoms with Gasteiger partial charge in [-0.05, 0) is 92.6 Å². The van der Waals surface area contributed by atoms with Crippen molar-refractivity contribution in [1.82, 2.24) is 15.0 Å². The fourth-order valence-electron chi connectivity index (χ4n) is 5.79. The molecule has 0 unspecified atom stereocenters. The zero-order chi connectivity index (χ0) is 36.4. The first-order chi connectivity index (χ1) is 26.0. The van der Waals surface area contributed by atoms with Crippen LogP contribution in [0.2, 0.25) is 0 Å². The summed E-state index contributed by atoms with van der Waals surface area (Å²) in [7, 11) is 0. The minimum atomic E-state index is -0.0665. The Kier molecular flexibility index (Phi) is 11.3. The molecule has 0 aliphatic rings. The van der Waals surface area contributed by atoms with E-state index in [0.717, 1.165) is 41.0 Å². The van der Waals surface area contributed by atoms with Crippen molar-refractivity contribution >= 4 is 21.9 Å². The lowest BCUT2D eigenvalue weighted by Gasteiger charge is -2.09. The topological polar surface area (TPSA) is 128 Å². The molecule has 11 heteroatoms. The largest absolute Gasteiger partial charge is 0.494 e. The summed E-state index contributed by atoms with van der Waals surface area (Å²) in [5.41, 5.74) is 4.52. The van der Waals surface area contributed by atoms with Gasteiger partial charge in [-0.1, -0.05) is 29.0 Å². The van der Waals surface area contributed by atoms with E-state index in [2.05, 4.69) is 10.3 Å². The fourth-order valence-corrected chi connectivity index (χ4v) is 5.79. The highest BCUT2D eigenvalue weighted by Gasteiger charge is 2.09. The van der Waals surface area contributed by atoms with Crippen LogP contribution >= 0.6 is 0 Å². The number of ether oxygens (including phenoxy) is 4. The van der Waals surface area contributed by atoms with Gasteiger partial charge >= 0.3 is 0 Å². The molecule has 0 aliphatic heterocycles. The van der Waals surface area contributed by atoms with Crippen LogP contribution in [-0.4, -0.2) is 54.6 Å². The zero-order valence-electron chi connectivity index (χ0n) is 29.4. The molecule has 0 bridgehead atoms. The number of hydrogen-bond acceptors (Lipinski definition) is 10. The van der Waals surface area contributed by atoms with Crippen LogP contribution in [-0.2, 0) is 22.4 Å². The van der Waals surface area contributed by atoms with Gasteiger partial charge in [0.15, 0.2) is 10.9 Å². The summed E-state index contributed by atoms with van der Waals surface area (Å²) >= 11 is 0. The molecule has 0 saturated heterocycles. The molecule has 53 heavy (non-hydrogen) atoms. The molecule has 0 saturated carbocycles. The van der Waals surface area contributed by atoms with E-state index in [-0.39, 0.29) is 10.9 Å². The Balaban J connectivity index is 0.736. The van der Waals surface area contributed by atoms with Crippen molar-refractivity contribution in [3.05, 3.63) is 141 Å². The molecule has 0 aliphatic carbocycles. The highest BCUT2D eigenvalue weighted by molar-refractivity contribution is 5.80. The monoisotopic (exact) mass is 713 g/mol. The molecule has 0 fully saturated rings. The van der Waals surface area contributed by atoms with Gasteiger partial charge < -0.3 is 27.8 Å². The van der Waals surface area contributed by atoms with E-state index in [4.69, 9.17) is 27.8 Å². The van der Waals surface area contributed by atoms with E-state index in [1.54, 1.807) is 16.8 Å². The van der Waals surface area contributed by atoms with Crippen LogP contribution in [0, 0.1) is 6.92 Å². The summed E-state index contributed by atoms with van der Waals surface area (Å²) in [6.07, 6.45) is 3.45. The number of nitrogens with zero attached hydrogens (tertiary/aromatic N) is 3. The summed E-state index contributed by atoms with van der Waals surface area (Å²) in [4.78, 5) is 25.0. The summed E-state index contributed by atoms with van der Waals surface area (Å²) in [5.74, 6) is 2.48. The van der Waals surface area contributed by atoms with Gasteiger partial charge in [-0.3, -0.25) is 9.59 Å². The Morgan fingerprint density at radius 2 is 1.23 bits per heavy atom. The molecule has 0 amide bonds. The second kappa shape index (κ2) is 17.0. The Labute approximate surface area is 305 Å². The second-order valence-corrected chi connectivity index (χ2v) is 12.5. The van der Waals surface area contributed by atoms with E-state index in [1.807, 2.05) is 92.0 Å². The average Bonchev–Trinajstić information content (AvgIpc) is 3.64. The maximum absolute atomic E-state index is 12.6. The third-order valence-corrected chi connectivity index (χ3v) is 8.56. The van der Waals surface area contributed by atoms with Crippen molar-refractivity contribution in [2.75, 3.05) is 39.6 Å². The SMILES string of the molecule is Cc1ccc2oc(-c3ccc(OCCOCCOCCn4cc(CCCOc5ccc(-c6cc(=O)c7ccccc7o6)cc5)nn4)cc3)cc(=O)c2c1. The number of rotatable bonds is 17. The molecule has 0 radical (unpaired) electrons. The number of para-hydroxylation sites is 1. The quantitative estimate of drug-likeness (QED) is 0.0890. The van der Waals surface area contributed by atoms with Crippen LogP contribution in [0.1, 0.15) is 17.7 Å². The van der Waals surface area contributed by atoms with Gasteiger partial charge in [-0.15, -0.1) is 5.10 Å². The van der Waals surface area contributed by atoms with Crippen LogP contribution < -0.4 is 20.3 Å². The van der Waals surface area contributed by atoms with Crippen LogP contribution in [0.3, 0.4) is 0 Å². The summed E-state index contributed by atoms with van der Waals surface area (Å²) in [5, 5.41) is 9.60. The van der Waals surface area contributed by atoms with Gasteiger partial charge in [0.25, 0.3) is 0 Å². The van der Waals surface area contributed by atoms with Gasteiger partial charge in [-0.2, -0.15) is 0 Å². The average molecular weight is 714 g/mol. The van der Waals surface area contributed by atoms with Gasteiger partial charge in [-0.25, -0.2) is 4.68 Å². The third-order valence-electron chi connectivity index (χ3n) is 8.56. The van der Waals surface area contributed by atoms with Crippen molar-refractivity contribution in [3.8, 4) is 34.1 Å². The molecular weight excluding hydrogens is 674 g/mol. The maximum atomic E-state index is 12.6. The van der Waals surface area contributed by atoms with Crippen LogP contribution in [0.15, 0.2) is 128 Å². The van der Waals surface area contributed by atoms with E-state index >= 15 is 0 Å². The fraction of sp³-hybridized carbons (Fsp3) is 0.238. The molecule has 0 spiro atoms. The normalized spacial score (nSPS) is 11.3. The van der Waals surface area contributed by atoms with Crippen molar-refractivity contribution in [2.45, 2.75) is 26.3 Å². The summed E-state index contributed by atoms with van der Waals surface area (Å²) < 4.78 is 36.7. The number of aryl methyl sites for hydroxylation is 2. The zero-order valence-corrected chi connectivity index (χ0v) is 29.4. The number of benzene rings is 4. The molecule has 7 rings (SSSR count). The molecule has 4 aromatic carbocycles. The van der Waals surface area contributed by atoms with E-state index in [9.17, 15) is 9.59 Å². The first-order valence-corrected chi connectivity index (χ1v) is 17.6. The Hall–Kier alpha value is -6.04. The summed E-state index contributed by atoms with van der Waals surface area (Å²) in [6, 6.07) is 30.8. The lowest BCUT2D eigenvalue weighted by molar-refractivity contribution is 0.0333. The minimum absolute atomic E-state index is 0.0640. The predicted octanol–water partition coefficient (Wildman–Crippen LogP) is 7.26. The molecule has 0 atom stereocenters. The lowest BCUT2D eigenvalue weighted by Crippen LogP contribution is -2.13. The highest BCUT2D eigenvalue weighted by Crippen LogP contribution is 2.26. The van der Waals surface area contributed by atoms with Crippen LogP contribution in [0.4, 0.5) is 0 Å². The molecule has 0 N–H and O–H groups in total. The Bertz CT molecular complexity index is 2400. The predicted molar refractivity (Wildman–Crippen MR) is 202 cm³/mol. The van der Waals surface area contributed by atoms with Crippen LogP contribution in [0.5, 0.6) is 11.5 Å². The molecular formula is C42H39N3O8. The van der Waals surface area contributed by atoms with Gasteiger partial charge in [0.1, 0.15) is 40.8 Å². The maximum Gasteiger partial charge on any atom is 0.193 e. The minimum Gasteiger partial charge on any atom is -0.494 e. The van der Waals surface area contributed by atoms with Crippen molar-refractivity contribution in [2.24, 2.45) is 0 Å². The third kappa shape index (κ3) is 9.26. The first-order valence-electron chi connectivity index (χ1n) is 17.6. The van der Waals surface area contributed by atoms with Crippen molar-refractivity contribution in [1.29, 1.82) is 0 Å². The lowest BCUT2D eigenvalue weighted by atomic mass is 10.1. The Morgan fingerprint density at radius 3 is 1.94 bits per heavy atom. The van der Waals surface area contributed by atoms with Crippen LogP contribution in [0.25, 0.3) is 44.6 Å². The molecule has 11 nitrogen and oxygen atoms in total. The number of aromatic nitrogens is 3. The Morgan fingerprint density at radius 1 is 0.623 bits per heavy atom. The molecule has 3 aromatic heterocycles.